The van der Waals surface area contributed by atoms with Gasteiger partial charge >= 0.3 is 0 Å². The summed E-state index contributed by atoms with van der Waals surface area (Å²) in [4.78, 5) is 11.4. The summed E-state index contributed by atoms with van der Waals surface area (Å²) in [5.74, 6) is 2.67. The lowest BCUT2D eigenvalue weighted by molar-refractivity contribution is 0.467. The molecule has 0 amide bonds. The summed E-state index contributed by atoms with van der Waals surface area (Å²) in [5.41, 5.74) is 1.08. The minimum absolute atomic E-state index is 0.521. The lowest BCUT2D eigenvalue weighted by Crippen LogP contribution is -2.39. The Bertz CT molecular complexity index is 698. The van der Waals surface area contributed by atoms with Gasteiger partial charge < -0.3 is 14.8 Å². The van der Waals surface area contributed by atoms with E-state index in [0.29, 0.717) is 12.6 Å². The summed E-state index contributed by atoms with van der Waals surface area (Å²) in [6, 6.07) is 0.551. The molecule has 2 aromatic rings. The predicted molar refractivity (Wildman–Crippen MR) is 91.4 cm³/mol. The first-order valence-corrected chi connectivity index (χ1v) is 8.69. The molecule has 1 saturated carbocycles. The molecule has 0 unspecified atom stereocenters. The fraction of sp³-hybridized carbons (Fsp3) is 0.600. The van der Waals surface area contributed by atoms with E-state index in [1.54, 1.807) is 11.3 Å². The second-order valence-corrected chi connectivity index (χ2v) is 7.06. The SMILES string of the molecule is Cc1nc(CN(C)C(=NCc2nnc(C)n2C)NC2CC2)cs1. The molecule has 23 heavy (non-hydrogen) atoms. The fourth-order valence-corrected chi connectivity index (χ4v) is 2.82. The van der Waals surface area contributed by atoms with Crippen molar-refractivity contribution in [1.82, 2.24) is 30.0 Å². The zero-order chi connectivity index (χ0) is 16.4. The van der Waals surface area contributed by atoms with Gasteiger partial charge in [-0.15, -0.1) is 21.5 Å². The molecule has 7 nitrogen and oxygen atoms in total. The van der Waals surface area contributed by atoms with Crippen LogP contribution in [0.15, 0.2) is 10.4 Å². The van der Waals surface area contributed by atoms with Crippen LogP contribution in [0.3, 0.4) is 0 Å². The topological polar surface area (TPSA) is 71.2 Å². The van der Waals surface area contributed by atoms with Crippen molar-refractivity contribution < 1.29 is 0 Å². The third-order valence-corrected chi connectivity index (χ3v) is 4.71. The number of guanidine groups is 1. The van der Waals surface area contributed by atoms with Crippen molar-refractivity contribution in [3.63, 3.8) is 0 Å². The average Bonchev–Trinajstić information content (AvgIpc) is 3.17. The largest absolute Gasteiger partial charge is 0.353 e. The molecule has 0 spiro atoms. The monoisotopic (exact) mass is 333 g/mol. The van der Waals surface area contributed by atoms with E-state index >= 15 is 0 Å². The summed E-state index contributed by atoms with van der Waals surface area (Å²) in [5, 5.41) is 15.0. The van der Waals surface area contributed by atoms with Crippen LogP contribution in [0.4, 0.5) is 0 Å². The highest BCUT2D eigenvalue weighted by Gasteiger charge is 2.24. The number of aromatic nitrogens is 4. The van der Waals surface area contributed by atoms with Crippen molar-refractivity contribution >= 4 is 17.3 Å². The Morgan fingerprint density at radius 2 is 2.22 bits per heavy atom. The molecule has 0 bridgehead atoms. The average molecular weight is 333 g/mol. The van der Waals surface area contributed by atoms with Crippen molar-refractivity contribution in [3.8, 4) is 0 Å². The first kappa shape index (κ1) is 15.9. The Morgan fingerprint density at radius 3 is 2.78 bits per heavy atom. The number of thiazole rings is 1. The second kappa shape index (κ2) is 6.66. The van der Waals surface area contributed by atoms with Crippen LogP contribution in [0.25, 0.3) is 0 Å². The minimum Gasteiger partial charge on any atom is -0.353 e. The third-order valence-electron chi connectivity index (χ3n) is 3.89. The van der Waals surface area contributed by atoms with Crippen LogP contribution in [-0.4, -0.2) is 43.7 Å². The number of hydrogen-bond donors (Lipinski definition) is 1. The summed E-state index contributed by atoms with van der Waals surface area (Å²) in [6.45, 7) is 5.25. The highest BCUT2D eigenvalue weighted by Crippen LogP contribution is 2.19. The quantitative estimate of drug-likeness (QED) is 0.665. The van der Waals surface area contributed by atoms with Crippen LogP contribution < -0.4 is 5.32 Å². The Kier molecular flexibility index (Phi) is 4.61. The zero-order valence-corrected chi connectivity index (χ0v) is 14.9. The highest BCUT2D eigenvalue weighted by molar-refractivity contribution is 7.09. The molecule has 1 aliphatic rings. The molecule has 0 aliphatic heterocycles. The number of rotatable bonds is 5. The molecule has 3 rings (SSSR count). The molecule has 0 aromatic carbocycles. The van der Waals surface area contributed by atoms with Crippen LogP contribution in [0.5, 0.6) is 0 Å². The van der Waals surface area contributed by atoms with E-state index in [4.69, 9.17) is 4.99 Å². The second-order valence-electron chi connectivity index (χ2n) is 5.99. The fourth-order valence-electron chi connectivity index (χ4n) is 2.22. The van der Waals surface area contributed by atoms with Gasteiger partial charge in [0.05, 0.1) is 17.2 Å². The summed E-state index contributed by atoms with van der Waals surface area (Å²) in [7, 11) is 4.01. The lowest BCUT2D eigenvalue weighted by Gasteiger charge is -2.21. The van der Waals surface area contributed by atoms with Gasteiger partial charge in [-0.05, 0) is 26.7 Å². The van der Waals surface area contributed by atoms with Gasteiger partial charge in [-0.25, -0.2) is 9.98 Å². The Hall–Kier alpha value is -1.96. The maximum atomic E-state index is 4.73. The first-order valence-electron chi connectivity index (χ1n) is 7.81. The van der Waals surface area contributed by atoms with Gasteiger partial charge in [0, 0.05) is 25.5 Å². The summed E-state index contributed by atoms with van der Waals surface area (Å²) >= 11 is 1.68. The van der Waals surface area contributed by atoms with E-state index in [1.165, 1.54) is 12.8 Å². The molecule has 0 atom stereocenters. The van der Waals surface area contributed by atoms with Crippen LogP contribution in [0.2, 0.25) is 0 Å². The Labute approximate surface area is 140 Å². The molecule has 0 saturated heterocycles. The zero-order valence-electron chi connectivity index (χ0n) is 14.1. The van der Waals surface area contributed by atoms with Gasteiger partial charge in [-0.1, -0.05) is 0 Å². The molecular weight excluding hydrogens is 310 g/mol. The van der Waals surface area contributed by atoms with Gasteiger partial charge in [-0.2, -0.15) is 0 Å². The van der Waals surface area contributed by atoms with Crippen LogP contribution in [0, 0.1) is 13.8 Å². The molecule has 2 heterocycles. The molecule has 1 fully saturated rings. The smallest absolute Gasteiger partial charge is 0.194 e. The normalized spacial score (nSPS) is 15.0. The van der Waals surface area contributed by atoms with E-state index in [0.717, 1.165) is 34.9 Å². The standard InChI is InChI=1S/C15H23N7S/c1-10-19-20-14(22(10)4)7-16-15(18-12-5-6-12)21(3)8-13-9-23-11(2)17-13/h9,12H,5-8H2,1-4H3,(H,16,18). The molecule has 1 aliphatic carbocycles. The van der Waals surface area contributed by atoms with Crippen LogP contribution >= 0.6 is 11.3 Å². The van der Waals surface area contributed by atoms with Crippen molar-refractivity contribution in [1.29, 1.82) is 0 Å². The Morgan fingerprint density at radius 1 is 1.43 bits per heavy atom. The maximum absolute atomic E-state index is 4.73. The van der Waals surface area contributed by atoms with Gasteiger partial charge in [0.1, 0.15) is 12.4 Å². The lowest BCUT2D eigenvalue weighted by atomic mass is 10.4. The third kappa shape index (κ3) is 4.07. The van der Waals surface area contributed by atoms with Gasteiger partial charge in [-0.3, -0.25) is 0 Å². The van der Waals surface area contributed by atoms with E-state index in [1.807, 2.05) is 32.5 Å². The number of aryl methyl sites for hydroxylation is 2. The summed E-state index contributed by atoms with van der Waals surface area (Å²) < 4.78 is 1.97. The summed E-state index contributed by atoms with van der Waals surface area (Å²) in [6.07, 6.45) is 2.43. The number of hydrogen-bond acceptors (Lipinski definition) is 5. The van der Waals surface area contributed by atoms with E-state index < -0.39 is 0 Å². The van der Waals surface area contributed by atoms with E-state index in [9.17, 15) is 0 Å². The van der Waals surface area contributed by atoms with Crippen molar-refractivity contribution in [3.05, 3.63) is 27.7 Å². The van der Waals surface area contributed by atoms with Gasteiger partial charge in [0.25, 0.3) is 0 Å². The number of nitrogens with one attached hydrogen (secondary N) is 1. The van der Waals surface area contributed by atoms with Crippen molar-refractivity contribution in [2.24, 2.45) is 12.0 Å². The number of aliphatic imine (C=N–C) groups is 1. The first-order chi connectivity index (χ1) is 11.0. The molecule has 8 heteroatoms. The van der Waals surface area contributed by atoms with E-state index in [2.05, 4.69) is 30.8 Å². The highest BCUT2D eigenvalue weighted by atomic mass is 32.1. The molecule has 2 aromatic heterocycles. The van der Waals surface area contributed by atoms with E-state index in [-0.39, 0.29) is 0 Å². The van der Waals surface area contributed by atoms with Crippen molar-refractivity contribution in [2.75, 3.05) is 7.05 Å². The molecule has 1 N–H and O–H groups in total. The van der Waals surface area contributed by atoms with Crippen molar-refractivity contribution in [2.45, 2.75) is 45.8 Å². The predicted octanol–water partition coefficient (Wildman–Crippen LogP) is 1.63. The number of nitrogens with zero attached hydrogens (tertiary/aromatic N) is 6. The molecular formula is C15H23N7S. The van der Waals surface area contributed by atoms with Crippen LogP contribution in [0.1, 0.15) is 35.2 Å². The maximum Gasteiger partial charge on any atom is 0.194 e. The van der Waals surface area contributed by atoms with Gasteiger partial charge in [0.15, 0.2) is 11.8 Å². The molecule has 124 valence electrons. The molecule has 0 radical (unpaired) electrons. The Balaban J connectivity index is 1.70. The van der Waals surface area contributed by atoms with Gasteiger partial charge in [0.2, 0.25) is 0 Å². The minimum atomic E-state index is 0.521. The van der Waals surface area contributed by atoms with Crippen LogP contribution in [-0.2, 0) is 20.1 Å².